The van der Waals surface area contributed by atoms with Crippen LogP contribution in [0.1, 0.15) is 39.5 Å². The van der Waals surface area contributed by atoms with Crippen molar-refractivity contribution in [2.45, 2.75) is 45.6 Å². The van der Waals surface area contributed by atoms with Gasteiger partial charge in [0.2, 0.25) is 0 Å². The summed E-state index contributed by atoms with van der Waals surface area (Å²) >= 11 is 0. The average molecular weight is 198 g/mol. The number of piperidine rings is 1. The van der Waals surface area contributed by atoms with E-state index in [0.717, 1.165) is 6.04 Å². The summed E-state index contributed by atoms with van der Waals surface area (Å²) in [6.07, 6.45) is 5.72. The molecule has 0 aromatic rings. The van der Waals surface area contributed by atoms with Crippen LogP contribution in [0.25, 0.3) is 0 Å². The molecule has 2 fully saturated rings. The van der Waals surface area contributed by atoms with Crippen molar-refractivity contribution < 1.29 is 0 Å². The molecule has 14 heavy (non-hydrogen) atoms. The average Bonchev–Trinajstić information content (AvgIpc) is 2.69. The van der Waals surface area contributed by atoms with Crippen LogP contribution in [-0.4, -0.2) is 49.1 Å². The molecular formula is C12H26N2. The van der Waals surface area contributed by atoms with E-state index in [2.05, 4.69) is 16.8 Å². The molecule has 1 atom stereocenters. The summed E-state index contributed by atoms with van der Waals surface area (Å²) in [5.74, 6) is 0. The number of rotatable bonds is 1. The Labute approximate surface area is 89.3 Å². The van der Waals surface area contributed by atoms with Crippen LogP contribution < -0.4 is 0 Å². The Hall–Kier alpha value is -0.0800. The SMILES string of the molecule is CC.CN1CCC(N2CCCCC2)C1. The lowest BCUT2D eigenvalue weighted by Crippen LogP contribution is -2.40. The fourth-order valence-electron chi connectivity index (χ4n) is 2.49. The molecule has 2 rings (SSSR count). The minimum absolute atomic E-state index is 0.885. The minimum atomic E-state index is 0.885. The maximum Gasteiger partial charge on any atom is 0.0235 e. The monoisotopic (exact) mass is 198 g/mol. The van der Waals surface area contributed by atoms with Crippen LogP contribution in [0.4, 0.5) is 0 Å². The van der Waals surface area contributed by atoms with Gasteiger partial charge in [0, 0.05) is 12.6 Å². The molecule has 2 heterocycles. The first-order valence-corrected chi connectivity index (χ1v) is 6.29. The summed E-state index contributed by atoms with van der Waals surface area (Å²) in [5, 5.41) is 0. The molecule has 2 aliphatic heterocycles. The first-order valence-electron chi connectivity index (χ1n) is 6.29. The van der Waals surface area contributed by atoms with E-state index in [9.17, 15) is 0 Å². The predicted octanol–water partition coefficient (Wildman–Crippen LogP) is 2.20. The molecule has 1 unspecified atom stereocenters. The quantitative estimate of drug-likeness (QED) is 0.637. The van der Waals surface area contributed by atoms with Crippen LogP contribution in [0.5, 0.6) is 0 Å². The second-order valence-electron chi connectivity index (χ2n) is 4.30. The third kappa shape index (κ3) is 3.25. The normalized spacial score (nSPS) is 29.8. The van der Waals surface area contributed by atoms with Crippen molar-refractivity contribution in [3.63, 3.8) is 0 Å². The van der Waals surface area contributed by atoms with Gasteiger partial charge in [-0.05, 0) is 45.9 Å². The third-order valence-corrected chi connectivity index (χ3v) is 3.27. The van der Waals surface area contributed by atoms with Crippen molar-refractivity contribution in [2.24, 2.45) is 0 Å². The van der Waals surface area contributed by atoms with Gasteiger partial charge in [-0.1, -0.05) is 20.3 Å². The van der Waals surface area contributed by atoms with E-state index in [1.807, 2.05) is 13.8 Å². The molecule has 0 radical (unpaired) electrons. The highest BCUT2D eigenvalue weighted by Gasteiger charge is 2.26. The zero-order valence-corrected chi connectivity index (χ0v) is 10.1. The summed E-state index contributed by atoms with van der Waals surface area (Å²) in [4.78, 5) is 5.16. The second-order valence-corrected chi connectivity index (χ2v) is 4.30. The molecule has 0 spiro atoms. The van der Waals surface area contributed by atoms with Gasteiger partial charge < -0.3 is 4.90 Å². The largest absolute Gasteiger partial charge is 0.305 e. The van der Waals surface area contributed by atoms with Gasteiger partial charge in [-0.2, -0.15) is 0 Å². The molecule has 2 nitrogen and oxygen atoms in total. The van der Waals surface area contributed by atoms with Crippen LogP contribution in [0.2, 0.25) is 0 Å². The molecule has 2 saturated heterocycles. The summed E-state index contributed by atoms with van der Waals surface area (Å²) in [5.41, 5.74) is 0. The molecule has 0 saturated carbocycles. The number of likely N-dealkylation sites (N-methyl/N-ethyl adjacent to an activating group) is 1. The van der Waals surface area contributed by atoms with Gasteiger partial charge in [-0.3, -0.25) is 4.90 Å². The van der Waals surface area contributed by atoms with Gasteiger partial charge in [0.1, 0.15) is 0 Å². The Balaban J connectivity index is 0.000000461. The maximum absolute atomic E-state index is 2.70. The first-order chi connectivity index (χ1) is 6.86. The Morgan fingerprint density at radius 2 is 1.57 bits per heavy atom. The Morgan fingerprint density at radius 1 is 0.929 bits per heavy atom. The first kappa shape index (κ1) is 12.0. The fraction of sp³-hybridized carbons (Fsp3) is 1.00. The van der Waals surface area contributed by atoms with Crippen LogP contribution in [0.15, 0.2) is 0 Å². The van der Waals surface area contributed by atoms with Gasteiger partial charge >= 0.3 is 0 Å². The van der Waals surface area contributed by atoms with E-state index in [0.29, 0.717) is 0 Å². The zero-order chi connectivity index (χ0) is 10.4. The number of nitrogens with zero attached hydrogens (tertiary/aromatic N) is 2. The van der Waals surface area contributed by atoms with E-state index in [1.165, 1.54) is 51.9 Å². The Kier molecular flexibility index (Phi) is 5.49. The van der Waals surface area contributed by atoms with Crippen LogP contribution in [0, 0.1) is 0 Å². The minimum Gasteiger partial charge on any atom is -0.305 e. The van der Waals surface area contributed by atoms with Crippen LogP contribution in [0.3, 0.4) is 0 Å². The molecule has 2 aliphatic rings. The number of hydrogen-bond acceptors (Lipinski definition) is 2. The van der Waals surface area contributed by atoms with Gasteiger partial charge in [0.25, 0.3) is 0 Å². The van der Waals surface area contributed by atoms with Crippen LogP contribution in [-0.2, 0) is 0 Å². The van der Waals surface area contributed by atoms with E-state index in [4.69, 9.17) is 0 Å². The molecule has 0 aliphatic carbocycles. The van der Waals surface area contributed by atoms with Gasteiger partial charge in [-0.15, -0.1) is 0 Å². The molecule has 0 bridgehead atoms. The van der Waals surface area contributed by atoms with Crippen molar-refractivity contribution in [2.75, 3.05) is 33.2 Å². The van der Waals surface area contributed by atoms with E-state index < -0.39 is 0 Å². The van der Waals surface area contributed by atoms with Crippen molar-refractivity contribution in [3.8, 4) is 0 Å². The lowest BCUT2D eigenvalue weighted by molar-refractivity contribution is 0.166. The van der Waals surface area contributed by atoms with Crippen molar-refractivity contribution in [1.29, 1.82) is 0 Å². The summed E-state index contributed by atoms with van der Waals surface area (Å²) in [6.45, 7) is 9.33. The van der Waals surface area contributed by atoms with E-state index in [1.54, 1.807) is 0 Å². The Bertz CT molecular complexity index is 139. The fourth-order valence-corrected chi connectivity index (χ4v) is 2.49. The van der Waals surface area contributed by atoms with Crippen molar-refractivity contribution in [3.05, 3.63) is 0 Å². The topological polar surface area (TPSA) is 6.48 Å². The van der Waals surface area contributed by atoms with Gasteiger partial charge in [0.05, 0.1) is 0 Å². The summed E-state index contributed by atoms with van der Waals surface area (Å²) in [6, 6.07) is 0.885. The highest BCUT2D eigenvalue weighted by Crippen LogP contribution is 2.18. The highest BCUT2D eigenvalue weighted by atomic mass is 15.2. The predicted molar refractivity (Wildman–Crippen MR) is 62.7 cm³/mol. The molecule has 0 N–H and O–H groups in total. The van der Waals surface area contributed by atoms with Crippen molar-refractivity contribution >= 4 is 0 Å². The molecule has 0 aromatic heterocycles. The zero-order valence-electron chi connectivity index (χ0n) is 10.1. The number of likely N-dealkylation sites (tertiary alicyclic amines) is 2. The molecule has 0 aromatic carbocycles. The lowest BCUT2D eigenvalue weighted by Gasteiger charge is -2.31. The summed E-state index contributed by atoms with van der Waals surface area (Å²) < 4.78 is 0. The molecular weight excluding hydrogens is 172 g/mol. The molecule has 0 amide bonds. The lowest BCUT2D eigenvalue weighted by atomic mass is 10.1. The Morgan fingerprint density at radius 3 is 2.07 bits per heavy atom. The molecule has 2 heteroatoms. The standard InChI is InChI=1S/C10H20N2.C2H6/c1-11-8-5-10(9-11)12-6-3-2-4-7-12;1-2/h10H,2-9H2,1H3;1-2H3. The van der Waals surface area contributed by atoms with E-state index in [-0.39, 0.29) is 0 Å². The summed E-state index contributed by atoms with van der Waals surface area (Å²) in [7, 11) is 2.24. The van der Waals surface area contributed by atoms with Crippen LogP contribution >= 0.6 is 0 Å². The molecule has 84 valence electrons. The maximum atomic E-state index is 2.70. The third-order valence-electron chi connectivity index (χ3n) is 3.27. The highest BCUT2D eigenvalue weighted by molar-refractivity contribution is 4.83. The van der Waals surface area contributed by atoms with Crippen molar-refractivity contribution in [1.82, 2.24) is 9.80 Å². The number of hydrogen-bond donors (Lipinski definition) is 0. The smallest absolute Gasteiger partial charge is 0.0235 e. The van der Waals surface area contributed by atoms with E-state index >= 15 is 0 Å². The van der Waals surface area contributed by atoms with Gasteiger partial charge in [0.15, 0.2) is 0 Å². The second kappa shape index (κ2) is 6.41. The van der Waals surface area contributed by atoms with Gasteiger partial charge in [-0.25, -0.2) is 0 Å².